The smallest absolute Gasteiger partial charge is 0.249 e. The van der Waals surface area contributed by atoms with Crippen molar-refractivity contribution in [1.82, 2.24) is 15.1 Å². The molecule has 20 heavy (non-hydrogen) atoms. The summed E-state index contributed by atoms with van der Waals surface area (Å²) in [4.78, 5) is 2.40. The molecule has 1 atom stereocenters. The van der Waals surface area contributed by atoms with Crippen molar-refractivity contribution < 1.29 is 4.42 Å². The molecule has 0 saturated carbocycles. The summed E-state index contributed by atoms with van der Waals surface area (Å²) >= 11 is 6.14. The number of aromatic nitrogens is 2. The van der Waals surface area contributed by atoms with E-state index in [0.717, 1.165) is 18.7 Å². The van der Waals surface area contributed by atoms with Gasteiger partial charge >= 0.3 is 0 Å². The molecule has 0 radical (unpaired) electrons. The molecule has 0 N–H and O–H groups in total. The molecule has 5 heteroatoms. The fraction of sp³-hybridized carbons (Fsp3) is 0.467. The number of rotatable bonds is 3. The van der Waals surface area contributed by atoms with Gasteiger partial charge in [-0.25, -0.2) is 0 Å². The molecule has 1 unspecified atom stereocenters. The molecule has 0 spiro atoms. The van der Waals surface area contributed by atoms with Gasteiger partial charge in [0, 0.05) is 6.04 Å². The molecule has 0 aliphatic carbocycles. The lowest BCUT2D eigenvalue weighted by Crippen LogP contribution is -2.36. The number of halogens is 1. The molecule has 1 saturated heterocycles. The van der Waals surface area contributed by atoms with Gasteiger partial charge in [-0.3, -0.25) is 4.90 Å². The maximum atomic E-state index is 6.14. The van der Waals surface area contributed by atoms with Crippen molar-refractivity contribution in [3.05, 3.63) is 35.2 Å². The largest absolute Gasteiger partial charge is 0.419 e. The summed E-state index contributed by atoms with van der Waals surface area (Å²) in [5.74, 6) is 1.16. The average Bonchev–Trinajstić information content (AvgIpc) is 2.90. The molecule has 1 aromatic carbocycles. The average molecular weight is 292 g/mol. The van der Waals surface area contributed by atoms with Crippen LogP contribution in [-0.2, 0) is 6.54 Å². The highest BCUT2D eigenvalue weighted by Crippen LogP contribution is 2.27. The van der Waals surface area contributed by atoms with Crippen molar-refractivity contribution in [1.29, 1.82) is 0 Å². The van der Waals surface area contributed by atoms with E-state index in [2.05, 4.69) is 22.0 Å². The minimum atomic E-state index is 0.496. The van der Waals surface area contributed by atoms with Crippen LogP contribution in [0.4, 0.5) is 0 Å². The molecule has 0 bridgehead atoms. The summed E-state index contributed by atoms with van der Waals surface area (Å²) in [5.41, 5.74) is 0.791. The Morgan fingerprint density at radius 3 is 2.95 bits per heavy atom. The van der Waals surface area contributed by atoms with E-state index >= 15 is 0 Å². The second-order valence-electron chi connectivity index (χ2n) is 5.30. The van der Waals surface area contributed by atoms with Gasteiger partial charge in [0.1, 0.15) is 0 Å². The molecule has 4 nitrogen and oxygen atoms in total. The predicted molar refractivity (Wildman–Crippen MR) is 78.5 cm³/mol. The van der Waals surface area contributed by atoms with Crippen molar-refractivity contribution in [3.63, 3.8) is 0 Å². The van der Waals surface area contributed by atoms with Gasteiger partial charge in [0.25, 0.3) is 0 Å². The Morgan fingerprint density at radius 2 is 2.15 bits per heavy atom. The number of benzene rings is 1. The Morgan fingerprint density at radius 1 is 1.30 bits per heavy atom. The van der Waals surface area contributed by atoms with Gasteiger partial charge in [0.2, 0.25) is 11.8 Å². The van der Waals surface area contributed by atoms with Crippen LogP contribution in [-0.4, -0.2) is 27.7 Å². The van der Waals surface area contributed by atoms with E-state index in [4.69, 9.17) is 16.0 Å². The third-order valence-corrected chi connectivity index (χ3v) is 4.18. The first-order valence-electron chi connectivity index (χ1n) is 7.05. The molecular weight excluding hydrogens is 274 g/mol. The summed E-state index contributed by atoms with van der Waals surface area (Å²) in [6.07, 6.45) is 3.80. The fourth-order valence-corrected chi connectivity index (χ4v) is 2.84. The Kier molecular flexibility index (Phi) is 4.03. The van der Waals surface area contributed by atoms with Gasteiger partial charge < -0.3 is 4.42 Å². The number of likely N-dealkylation sites (tertiary alicyclic amines) is 1. The molecule has 1 aliphatic heterocycles. The van der Waals surface area contributed by atoms with Gasteiger partial charge in [-0.05, 0) is 38.4 Å². The van der Waals surface area contributed by atoms with E-state index in [9.17, 15) is 0 Å². The standard InChI is InChI=1S/C15H18ClN3O/c1-11-6-4-5-9-19(11)10-14-17-18-15(20-14)12-7-2-3-8-13(12)16/h2-3,7-8,11H,4-6,9-10H2,1H3. The maximum absolute atomic E-state index is 6.14. The minimum absolute atomic E-state index is 0.496. The quantitative estimate of drug-likeness (QED) is 0.863. The summed E-state index contributed by atoms with van der Waals surface area (Å²) in [6.45, 7) is 4.08. The summed E-state index contributed by atoms with van der Waals surface area (Å²) in [5, 5.41) is 8.89. The first-order chi connectivity index (χ1) is 9.74. The molecular formula is C15H18ClN3O. The highest BCUT2D eigenvalue weighted by atomic mass is 35.5. The van der Waals surface area contributed by atoms with E-state index in [1.54, 1.807) is 0 Å². The van der Waals surface area contributed by atoms with Crippen LogP contribution in [0.25, 0.3) is 11.5 Å². The highest BCUT2D eigenvalue weighted by Gasteiger charge is 2.21. The second kappa shape index (κ2) is 5.94. The van der Waals surface area contributed by atoms with Gasteiger partial charge in [-0.2, -0.15) is 0 Å². The van der Waals surface area contributed by atoms with Crippen LogP contribution in [0, 0.1) is 0 Å². The van der Waals surface area contributed by atoms with Crippen LogP contribution >= 0.6 is 11.6 Å². The van der Waals surface area contributed by atoms with Crippen LogP contribution in [0.1, 0.15) is 32.1 Å². The van der Waals surface area contributed by atoms with Gasteiger partial charge in [-0.1, -0.05) is 30.2 Å². The van der Waals surface area contributed by atoms with E-state index in [1.807, 2.05) is 24.3 Å². The van der Waals surface area contributed by atoms with Crippen LogP contribution in [0.2, 0.25) is 5.02 Å². The molecule has 1 aromatic heterocycles. The summed E-state index contributed by atoms with van der Waals surface area (Å²) in [6, 6.07) is 8.10. The van der Waals surface area contributed by atoms with Crippen molar-refractivity contribution in [2.24, 2.45) is 0 Å². The Balaban J connectivity index is 1.75. The van der Waals surface area contributed by atoms with Crippen LogP contribution in [0.3, 0.4) is 0 Å². The van der Waals surface area contributed by atoms with Crippen LogP contribution in [0.15, 0.2) is 28.7 Å². The second-order valence-corrected chi connectivity index (χ2v) is 5.70. The fourth-order valence-electron chi connectivity index (χ4n) is 2.63. The molecule has 1 fully saturated rings. The molecule has 1 aliphatic rings. The first-order valence-corrected chi connectivity index (χ1v) is 7.43. The lowest BCUT2D eigenvalue weighted by Gasteiger charge is -2.31. The Bertz CT molecular complexity index is 584. The zero-order valence-corrected chi connectivity index (χ0v) is 12.3. The zero-order valence-electron chi connectivity index (χ0n) is 11.6. The first kappa shape index (κ1) is 13.6. The third kappa shape index (κ3) is 2.86. The SMILES string of the molecule is CC1CCCCN1Cc1nnc(-c2ccccc2Cl)o1. The number of hydrogen-bond acceptors (Lipinski definition) is 4. The number of hydrogen-bond donors (Lipinski definition) is 0. The number of nitrogens with zero attached hydrogens (tertiary/aromatic N) is 3. The van der Waals surface area contributed by atoms with Crippen molar-refractivity contribution in [2.75, 3.05) is 6.54 Å². The van der Waals surface area contributed by atoms with Gasteiger partial charge in [0.15, 0.2) is 0 Å². The van der Waals surface area contributed by atoms with E-state index in [0.29, 0.717) is 22.8 Å². The van der Waals surface area contributed by atoms with Gasteiger partial charge in [0.05, 0.1) is 17.1 Å². The Labute approximate surface area is 123 Å². The topological polar surface area (TPSA) is 42.2 Å². The molecule has 0 amide bonds. The predicted octanol–water partition coefficient (Wildman–Crippen LogP) is 3.76. The van der Waals surface area contributed by atoms with Crippen molar-refractivity contribution >= 4 is 11.6 Å². The van der Waals surface area contributed by atoms with E-state index in [1.165, 1.54) is 19.3 Å². The molecule has 2 aromatic rings. The van der Waals surface area contributed by atoms with Gasteiger partial charge in [-0.15, -0.1) is 10.2 Å². The minimum Gasteiger partial charge on any atom is -0.419 e. The molecule has 3 rings (SSSR count). The zero-order chi connectivity index (χ0) is 13.9. The van der Waals surface area contributed by atoms with Crippen LogP contribution in [0.5, 0.6) is 0 Å². The monoisotopic (exact) mass is 291 g/mol. The maximum Gasteiger partial charge on any atom is 0.249 e. The lowest BCUT2D eigenvalue weighted by molar-refractivity contribution is 0.139. The van der Waals surface area contributed by atoms with E-state index < -0.39 is 0 Å². The molecule has 106 valence electrons. The Hall–Kier alpha value is -1.39. The number of piperidine rings is 1. The summed E-state index contributed by atoms with van der Waals surface area (Å²) < 4.78 is 5.75. The van der Waals surface area contributed by atoms with Crippen molar-refractivity contribution in [3.8, 4) is 11.5 Å². The van der Waals surface area contributed by atoms with E-state index in [-0.39, 0.29) is 0 Å². The highest BCUT2D eigenvalue weighted by molar-refractivity contribution is 6.33. The van der Waals surface area contributed by atoms with Crippen molar-refractivity contribution in [2.45, 2.75) is 38.8 Å². The summed E-state index contributed by atoms with van der Waals surface area (Å²) in [7, 11) is 0. The third-order valence-electron chi connectivity index (χ3n) is 3.85. The molecule has 2 heterocycles. The lowest BCUT2D eigenvalue weighted by atomic mass is 10.0. The normalized spacial score (nSPS) is 20.2. The van der Waals surface area contributed by atoms with Crippen LogP contribution < -0.4 is 0 Å².